The van der Waals surface area contributed by atoms with Gasteiger partial charge in [-0.1, -0.05) is 25.1 Å². The first-order chi connectivity index (χ1) is 10.6. The maximum Gasteiger partial charge on any atom is 0.251 e. The van der Waals surface area contributed by atoms with Crippen molar-refractivity contribution in [2.75, 3.05) is 12.3 Å². The van der Waals surface area contributed by atoms with Crippen LogP contribution in [0.5, 0.6) is 5.75 Å². The highest BCUT2D eigenvalue weighted by Crippen LogP contribution is 2.22. The maximum absolute atomic E-state index is 13.5. The molecule has 2 aromatic carbocycles. The fraction of sp³-hybridized carbons (Fsp3) is 0.235. The average molecular weight is 302 g/mol. The normalized spacial score (nSPS) is 10.3. The van der Waals surface area contributed by atoms with Gasteiger partial charge < -0.3 is 15.8 Å². The molecule has 3 N–H and O–H groups in total. The highest BCUT2D eigenvalue weighted by atomic mass is 19.1. The minimum atomic E-state index is -0.342. The predicted molar refractivity (Wildman–Crippen MR) is 84.2 cm³/mol. The number of nitrogen functional groups attached to an aromatic ring is 1. The number of carbonyl (C=O) groups is 1. The molecule has 1 amide bonds. The molecule has 0 saturated heterocycles. The van der Waals surface area contributed by atoms with Gasteiger partial charge in [0, 0.05) is 17.7 Å². The van der Waals surface area contributed by atoms with E-state index >= 15 is 0 Å². The van der Waals surface area contributed by atoms with Gasteiger partial charge in [0.05, 0.1) is 12.3 Å². The molecular formula is C17H19FN2O2. The van der Waals surface area contributed by atoms with Gasteiger partial charge in [-0.2, -0.15) is 0 Å². The van der Waals surface area contributed by atoms with Gasteiger partial charge in [-0.25, -0.2) is 4.39 Å². The minimum absolute atomic E-state index is 0.125. The zero-order chi connectivity index (χ0) is 15.9. The van der Waals surface area contributed by atoms with E-state index in [9.17, 15) is 9.18 Å². The van der Waals surface area contributed by atoms with Gasteiger partial charge in [-0.15, -0.1) is 0 Å². The Kier molecular flexibility index (Phi) is 5.36. The molecule has 2 aromatic rings. The number of amides is 1. The summed E-state index contributed by atoms with van der Waals surface area (Å²) >= 11 is 0. The Balaban J connectivity index is 2.01. The molecule has 0 atom stereocenters. The molecule has 0 spiro atoms. The fourth-order valence-electron chi connectivity index (χ4n) is 1.95. The molecule has 5 heteroatoms. The topological polar surface area (TPSA) is 64.3 Å². The third kappa shape index (κ3) is 3.97. The summed E-state index contributed by atoms with van der Waals surface area (Å²) in [6.07, 6.45) is 0.879. The van der Waals surface area contributed by atoms with E-state index in [0.717, 1.165) is 6.42 Å². The summed E-state index contributed by atoms with van der Waals surface area (Å²) in [6, 6.07) is 11.2. The van der Waals surface area contributed by atoms with E-state index in [1.807, 2.05) is 6.92 Å². The molecule has 0 radical (unpaired) electrons. The van der Waals surface area contributed by atoms with Crippen LogP contribution < -0.4 is 15.8 Å². The van der Waals surface area contributed by atoms with Crippen molar-refractivity contribution in [2.24, 2.45) is 0 Å². The number of hydrogen-bond acceptors (Lipinski definition) is 3. The Morgan fingerprint density at radius 1 is 1.27 bits per heavy atom. The van der Waals surface area contributed by atoms with E-state index in [4.69, 9.17) is 10.5 Å². The van der Waals surface area contributed by atoms with Crippen LogP contribution in [0.15, 0.2) is 42.5 Å². The lowest BCUT2D eigenvalue weighted by Crippen LogP contribution is -2.23. The van der Waals surface area contributed by atoms with Crippen molar-refractivity contribution in [3.05, 3.63) is 59.4 Å². The molecule has 0 unspecified atom stereocenters. The molecule has 0 saturated carbocycles. The highest BCUT2D eigenvalue weighted by molar-refractivity contribution is 5.95. The number of rotatable bonds is 6. The molecule has 0 fully saturated rings. The number of nitrogens with one attached hydrogen (secondary N) is 1. The lowest BCUT2D eigenvalue weighted by Gasteiger charge is -2.10. The SMILES string of the molecule is CCCOc1ccc(C(=O)NCc2ccccc2F)cc1N. The molecule has 0 aliphatic heterocycles. The summed E-state index contributed by atoms with van der Waals surface area (Å²) in [5.74, 6) is -0.0878. The quantitative estimate of drug-likeness (QED) is 0.806. The first kappa shape index (κ1) is 15.8. The number of halogens is 1. The second-order valence-electron chi connectivity index (χ2n) is 4.88. The number of benzene rings is 2. The van der Waals surface area contributed by atoms with Gasteiger partial charge in [0.2, 0.25) is 0 Å². The first-order valence-electron chi connectivity index (χ1n) is 7.15. The third-order valence-corrected chi connectivity index (χ3v) is 3.13. The second-order valence-corrected chi connectivity index (χ2v) is 4.88. The zero-order valence-electron chi connectivity index (χ0n) is 12.4. The van der Waals surface area contributed by atoms with Crippen molar-refractivity contribution in [2.45, 2.75) is 19.9 Å². The van der Waals surface area contributed by atoms with E-state index in [-0.39, 0.29) is 18.3 Å². The molecule has 0 aliphatic rings. The summed E-state index contributed by atoms with van der Waals surface area (Å²) in [7, 11) is 0. The van der Waals surface area contributed by atoms with Crippen molar-refractivity contribution >= 4 is 11.6 Å². The van der Waals surface area contributed by atoms with E-state index in [1.54, 1.807) is 36.4 Å². The lowest BCUT2D eigenvalue weighted by atomic mass is 10.1. The van der Waals surface area contributed by atoms with Gasteiger partial charge in [0.1, 0.15) is 11.6 Å². The van der Waals surface area contributed by atoms with Gasteiger partial charge in [0.15, 0.2) is 0 Å². The van der Waals surface area contributed by atoms with E-state index in [2.05, 4.69) is 5.32 Å². The number of carbonyl (C=O) groups excluding carboxylic acids is 1. The molecule has 4 nitrogen and oxygen atoms in total. The largest absolute Gasteiger partial charge is 0.491 e. The molecule has 22 heavy (non-hydrogen) atoms. The molecule has 2 rings (SSSR count). The van der Waals surface area contributed by atoms with E-state index in [0.29, 0.717) is 29.2 Å². The smallest absolute Gasteiger partial charge is 0.251 e. The van der Waals surface area contributed by atoms with Crippen LogP contribution in [-0.4, -0.2) is 12.5 Å². The van der Waals surface area contributed by atoms with Crippen LogP contribution >= 0.6 is 0 Å². The van der Waals surface area contributed by atoms with Crippen LogP contribution in [0.2, 0.25) is 0 Å². The van der Waals surface area contributed by atoms with Crippen molar-refractivity contribution < 1.29 is 13.9 Å². The molecule has 0 heterocycles. The standard InChI is InChI=1S/C17H19FN2O2/c1-2-9-22-16-8-7-12(10-15(16)19)17(21)20-11-13-5-3-4-6-14(13)18/h3-8,10H,2,9,11,19H2,1H3,(H,20,21). The van der Waals surface area contributed by atoms with Gasteiger partial charge in [-0.05, 0) is 30.7 Å². The predicted octanol–water partition coefficient (Wildman–Crippen LogP) is 3.13. The summed E-state index contributed by atoms with van der Waals surface area (Å²) in [6.45, 7) is 2.70. The number of anilines is 1. The van der Waals surface area contributed by atoms with Crippen LogP contribution in [0.1, 0.15) is 29.3 Å². The van der Waals surface area contributed by atoms with E-state index in [1.165, 1.54) is 6.07 Å². The zero-order valence-corrected chi connectivity index (χ0v) is 12.4. The van der Waals surface area contributed by atoms with Crippen LogP contribution in [0, 0.1) is 5.82 Å². The van der Waals surface area contributed by atoms with Crippen molar-refractivity contribution in [3.63, 3.8) is 0 Å². The van der Waals surface area contributed by atoms with Gasteiger partial charge in [-0.3, -0.25) is 4.79 Å². The molecule has 0 aliphatic carbocycles. The van der Waals surface area contributed by atoms with Crippen molar-refractivity contribution in [1.82, 2.24) is 5.32 Å². The number of hydrogen-bond donors (Lipinski definition) is 2. The van der Waals surface area contributed by atoms with Crippen LogP contribution in [0.25, 0.3) is 0 Å². The minimum Gasteiger partial charge on any atom is -0.491 e. The Morgan fingerprint density at radius 2 is 2.05 bits per heavy atom. The number of nitrogens with two attached hydrogens (primary N) is 1. The summed E-state index contributed by atoms with van der Waals surface area (Å²) in [4.78, 5) is 12.1. The Hall–Kier alpha value is -2.56. The second kappa shape index (κ2) is 7.45. The summed E-state index contributed by atoms with van der Waals surface area (Å²) in [5.41, 5.74) is 7.13. The third-order valence-electron chi connectivity index (χ3n) is 3.13. The Bertz CT molecular complexity index is 659. The van der Waals surface area contributed by atoms with E-state index < -0.39 is 0 Å². The van der Waals surface area contributed by atoms with Gasteiger partial charge >= 0.3 is 0 Å². The molecule has 116 valence electrons. The van der Waals surface area contributed by atoms with Gasteiger partial charge in [0.25, 0.3) is 5.91 Å². The van der Waals surface area contributed by atoms with Crippen LogP contribution in [0.3, 0.4) is 0 Å². The summed E-state index contributed by atoms with van der Waals surface area (Å²) < 4.78 is 18.9. The fourth-order valence-corrected chi connectivity index (χ4v) is 1.95. The van der Waals surface area contributed by atoms with Crippen LogP contribution in [0.4, 0.5) is 10.1 Å². The highest BCUT2D eigenvalue weighted by Gasteiger charge is 2.09. The first-order valence-corrected chi connectivity index (χ1v) is 7.15. The maximum atomic E-state index is 13.5. The van der Waals surface area contributed by atoms with Crippen LogP contribution in [-0.2, 0) is 6.54 Å². The molecule has 0 aromatic heterocycles. The van der Waals surface area contributed by atoms with Crippen molar-refractivity contribution in [3.8, 4) is 5.75 Å². The van der Waals surface area contributed by atoms with Crippen molar-refractivity contribution in [1.29, 1.82) is 0 Å². The Labute approximate surface area is 129 Å². The number of ether oxygens (including phenoxy) is 1. The average Bonchev–Trinajstić information content (AvgIpc) is 2.52. The molecular weight excluding hydrogens is 283 g/mol. The monoisotopic (exact) mass is 302 g/mol. The Morgan fingerprint density at radius 3 is 2.73 bits per heavy atom. The summed E-state index contributed by atoms with van der Waals surface area (Å²) in [5, 5.41) is 2.67. The lowest BCUT2D eigenvalue weighted by molar-refractivity contribution is 0.0950. The molecule has 0 bridgehead atoms.